The predicted molar refractivity (Wildman–Crippen MR) is 70.6 cm³/mol. The first-order chi connectivity index (χ1) is 8.65. The molecule has 0 amide bonds. The van der Waals surface area contributed by atoms with E-state index in [1.54, 1.807) is 12.1 Å². The summed E-state index contributed by atoms with van der Waals surface area (Å²) in [7, 11) is 0. The molecule has 0 aliphatic heterocycles. The maximum absolute atomic E-state index is 13.0. The number of benzene rings is 1. The van der Waals surface area contributed by atoms with Crippen LogP contribution in [0.4, 0.5) is 4.39 Å². The Labute approximate surface area is 107 Å². The first kappa shape index (κ1) is 14.5. The summed E-state index contributed by atoms with van der Waals surface area (Å²) in [6.07, 6.45) is 2.43. The molecule has 0 saturated carbocycles. The van der Waals surface area contributed by atoms with Crippen molar-refractivity contribution in [2.75, 3.05) is 13.2 Å². The maximum Gasteiger partial charge on any atom is 0.139 e. The summed E-state index contributed by atoms with van der Waals surface area (Å²) in [5.41, 5.74) is 5.19. The van der Waals surface area contributed by atoms with Gasteiger partial charge < -0.3 is 15.2 Å². The van der Waals surface area contributed by atoms with Crippen molar-refractivity contribution < 1.29 is 13.9 Å². The zero-order chi connectivity index (χ0) is 13.4. The smallest absolute Gasteiger partial charge is 0.139 e. The zero-order valence-corrected chi connectivity index (χ0v) is 10.9. The van der Waals surface area contributed by atoms with Crippen LogP contribution < -0.4 is 15.2 Å². The summed E-state index contributed by atoms with van der Waals surface area (Å²) in [4.78, 5) is 0. The van der Waals surface area contributed by atoms with Crippen LogP contribution in [0.3, 0.4) is 0 Å². The van der Waals surface area contributed by atoms with Crippen LogP contribution in [0.1, 0.15) is 20.3 Å². The third kappa shape index (κ3) is 5.19. The first-order valence-corrected chi connectivity index (χ1v) is 6.09. The average molecular weight is 253 g/mol. The fraction of sp³-hybridized carbons (Fsp3) is 0.429. The van der Waals surface area contributed by atoms with Crippen molar-refractivity contribution >= 4 is 0 Å². The van der Waals surface area contributed by atoms with Crippen molar-refractivity contribution in [3.63, 3.8) is 0 Å². The number of ether oxygens (including phenoxy) is 2. The summed E-state index contributed by atoms with van der Waals surface area (Å²) >= 11 is 0. The van der Waals surface area contributed by atoms with Gasteiger partial charge in [0.15, 0.2) is 0 Å². The van der Waals surface area contributed by atoms with Crippen LogP contribution in [0.2, 0.25) is 0 Å². The summed E-state index contributed by atoms with van der Waals surface area (Å²) < 4.78 is 23.9. The molecular formula is C14H20FNO2. The van der Waals surface area contributed by atoms with E-state index in [2.05, 4.69) is 6.92 Å². The van der Waals surface area contributed by atoms with E-state index in [9.17, 15) is 4.39 Å². The van der Waals surface area contributed by atoms with Crippen molar-refractivity contribution in [3.05, 3.63) is 36.2 Å². The zero-order valence-electron chi connectivity index (χ0n) is 10.9. The third-order valence-corrected chi connectivity index (χ3v) is 2.45. The third-order valence-electron chi connectivity index (χ3n) is 2.45. The number of rotatable bonds is 7. The van der Waals surface area contributed by atoms with Crippen LogP contribution in [0, 0.1) is 0 Å². The van der Waals surface area contributed by atoms with Gasteiger partial charge in [-0.25, -0.2) is 4.39 Å². The van der Waals surface area contributed by atoms with E-state index in [4.69, 9.17) is 15.2 Å². The molecule has 0 aliphatic rings. The van der Waals surface area contributed by atoms with Crippen LogP contribution in [-0.2, 0) is 0 Å². The van der Waals surface area contributed by atoms with Gasteiger partial charge >= 0.3 is 0 Å². The maximum atomic E-state index is 13.0. The van der Waals surface area contributed by atoms with Crippen molar-refractivity contribution in [3.8, 4) is 11.5 Å². The predicted octanol–water partition coefficient (Wildman–Crippen LogP) is 3.05. The molecular weight excluding hydrogens is 233 g/mol. The lowest BCUT2D eigenvalue weighted by Gasteiger charge is -2.12. The minimum absolute atomic E-state index is 0.0945. The van der Waals surface area contributed by atoms with Crippen LogP contribution in [0.25, 0.3) is 0 Å². The standard InChI is InChI=1S/C14H20FNO2/c1-3-11(2)18-14-6-4-13(5-7-14)17-10-12(15)8-9-16/h4-8,11H,3,9-10,16H2,1-2H3/b12-8+. The Morgan fingerprint density at radius 2 is 1.94 bits per heavy atom. The molecule has 3 nitrogen and oxygen atoms in total. The lowest BCUT2D eigenvalue weighted by atomic mass is 10.3. The number of nitrogens with two attached hydrogens (primary N) is 1. The Morgan fingerprint density at radius 3 is 2.50 bits per heavy atom. The molecule has 0 heterocycles. The molecule has 0 spiro atoms. The Hall–Kier alpha value is -1.55. The highest BCUT2D eigenvalue weighted by molar-refractivity contribution is 5.31. The fourth-order valence-electron chi connectivity index (χ4n) is 1.27. The average Bonchev–Trinajstić information content (AvgIpc) is 2.38. The molecule has 2 N–H and O–H groups in total. The molecule has 1 unspecified atom stereocenters. The molecule has 0 bridgehead atoms. The molecule has 0 aromatic heterocycles. The Kier molecular flexibility index (Phi) is 6.22. The van der Waals surface area contributed by atoms with E-state index in [1.165, 1.54) is 6.08 Å². The summed E-state index contributed by atoms with van der Waals surface area (Å²) in [5.74, 6) is 1.03. The van der Waals surface area contributed by atoms with Gasteiger partial charge in [-0.1, -0.05) is 6.92 Å². The molecule has 1 rings (SSSR count). The second-order valence-corrected chi connectivity index (χ2v) is 3.98. The van der Waals surface area contributed by atoms with Gasteiger partial charge in [0.05, 0.1) is 6.10 Å². The van der Waals surface area contributed by atoms with Crippen LogP contribution in [0.5, 0.6) is 11.5 Å². The number of hydrogen-bond acceptors (Lipinski definition) is 3. The highest BCUT2D eigenvalue weighted by Crippen LogP contribution is 2.19. The van der Waals surface area contributed by atoms with Gasteiger partial charge in [0.1, 0.15) is 23.9 Å². The highest BCUT2D eigenvalue weighted by Gasteiger charge is 2.02. The van der Waals surface area contributed by atoms with E-state index >= 15 is 0 Å². The molecule has 1 aromatic carbocycles. The lowest BCUT2D eigenvalue weighted by molar-refractivity contribution is 0.217. The Morgan fingerprint density at radius 1 is 1.33 bits per heavy atom. The van der Waals surface area contributed by atoms with E-state index in [0.29, 0.717) is 5.75 Å². The van der Waals surface area contributed by atoms with E-state index in [-0.39, 0.29) is 25.1 Å². The van der Waals surface area contributed by atoms with Crippen LogP contribution in [-0.4, -0.2) is 19.3 Å². The molecule has 1 aromatic rings. The van der Waals surface area contributed by atoms with Gasteiger partial charge in [-0.05, 0) is 43.7 Å². The van der Waals surface area contributed by atoms with Gasteiger partial charge in [0.25, 0.3) is 0 Å². The summed E-state index contributed by atoms with van der Waals surface area (Å²) in [5, 5.41) is 0. The first-order valence-electron chi connectivity index (χ1n) is 6.09. The van der Waals surface area contributed by atoms with E-state index in [0.717, 1.165) is 12.2 Å². The van der Waals surface area contributed by atoms with E-state index < -0.39 is 0 Å². The van der Waals surface area contributed by atoms with Gasteiger partial charge in [-0.15, -0.1) is 0 Å². The SMILES string of the molecule is CCC(C)Oc1ccc(OC/C(F)=C\CN)cc1. The molecule has 100 valence electrons. The fourth-order valence-corrected chi connectivity index (χ4v) is 1.27. The second-order valence-electron chi connectivity index (χ2n) is 3.98. The van der Waals surface area contributed by atoms with Gasteiger partial charge in [0, 0.05) is 6.54 Å². The van der Waals surface area contributed by atoms with Gasteiger partial charge in [-0.3, -0.25) is 0 Å². The molecule has 0 aliphatic carbocycles. The molecule has 4 heteroatoms. The summed E-state index contributed by atoms with van der Waals surface area (Å²) in [6, 6.07) is 7.14. The Bertz CT molecular complexity index is 376. The summed E-state index contributed by atoms with van der Waals surface area (Å²) in [6.45, 7) is 4.16. The largest absolute Gasteiger partial charge is 0.491 e. The molecule has 18 heavy (non-hydrogen) atoms. The minimum atomic E-state index is -0.363. The van der Waals surface area contributed by atoms with Crippen LogP contribution >= 0.6 is 0 Å². The topological polar surface area (TPSA) is 44.5 Å². The lowest BCUT2D eigenvalue weighted by Crippen LogP contribution is -2.09. The number of halogens is 1. The molecule has 0 radical (unpaired) electrons. The second kappa shape index (κ2) is 7.71. The van der Waals surface area contributed by atoms with E-state index in [1.807, 2.05) is 19.1 Å². The monoisotopic (exact) mass is 253 g/mol. The van der Waals surface area contributed by atoms with Crippen molar-refractivity contribution in [1.82, 2.24) is 0 Å². The van der Waals surface area contributed by atoms with Crippen molar-refractivity contribution in [1.29, 1.82) is 0 Å². The molecule has 0 fully saturated rings. The van der Waals surface area contributed by atoms with Gasteiger partial charge in [0.2, 0.25) is 0 Å². The van der Waals surface area contributed by atoms with Crippen molar-refractivity contribution in [2.24, 2.45) is 5.73 Å². The van der Waals surface area contributed by atoms with Crippen LogP contribution in [0.15, 0.2) is 36.2 Å². The number of hydrogen-bond donors (Lipinski definition) is 1. The molecule has 0 saturated heterocycles. The quantitative estimate of drug-likeness (QED) is 0.812. The van der Waals surface area contributed by atoms with Gasteiger partial charge in [-0.2, -0.15) is 0 Å². The highest BCUT2D eigenvalue weighted by atomic mass is 19.1. The Balaban J connectivity index is 2.47. The minimum Gasteiger partial charge on any atom is -0.491 e. The molecule has 1 atom stereocenters. The van der Waals surface area contributed by atoms with Crippen molar-refractivity contribution in [2.45, 2.75) is 26.4 Å². The normalized spacial score (nSPS) is 13.2.